The Labute approximate surface area is 76.6 Å². The maximum Gasteiger partial charge on any atom is 0.255 e. The molecule has 13 heavy (non-hydrogen) atoms. The van der Waals surface area contributed by atoms with Crippen LogP contribution in [0.2, 0.25) is 0 Å². The highest BCUT2D eigenvalue weighted by Crippen LogP contribution is 2.08. The molecule has 0 fully saturated rings. The lowest BCUT2D eigenvalue weighted by Gasteiger charge is -2.00. The molecule has 0 bridgehead atoms. The Kier molecular flexibility index (Phi) is 3.02. The summed E-state index contributed by atoms with van der Waals surface area (Å²) in [5.74, 6) is 0. The van der Waals surface area contributed by atoms with Crippen molar-refractivity contribution in [1.29, 1.82) is 0 Å². The van der Waals surface area contributed by atoms with Gasteiger partial charge >= 0.3 is 0 Å². The number of nitrogens with zero attached hydrogens (tertiary/aromatic N) is 1. The molecule has 4 N–H and O–H groups in total. The Morgan fingerprint density at radius 3 is 2.92 bits per heavy atom. The molecule has 1 heterocycles. The van der Waals surface area contributed by atoms with Crippen molar-refractivity contribution in [2.24, 2.45) is 5.14 Å². The van der Waals surface area contributed by atoms with Gasteiger partial charge in [0.25, 0.3) is 10.0 Å². The Morgan fingerprint density at radius 1 is 1.69 bits per heavy atom. The van der Waals surface area contributed by atoms with Crippen LogP contribution in [0.15, 0.2) is 11.2 Å². The normalized spacial score (nSPS) is 11.8. The molecule has 6 nitrogen and oxygen atoms in total. The van der Waals surface area contributed by atoms with Crippen molar-refractivity contribution in [2.75, 3.05) is 6.54 Å². The first kappa shape index (κ1) is 10.2. The van der Waals surface area contributed by atoms with Gasteiger partial charge in [-0.1, -0.05) is 6.92 Å². The molecular weight excluding hydrogens is 192 g/mol. The van der Waals surface area contributed by atoms with E-state index in [1.807, 2.05) is 6.92 Å². The highest BCUT2D eigenvalue weighted by molar-refractivity contribution is 7.89. The molecular formula is C6H12N4O2S. The topological polar surface area (TPSA) is 101 Å². The summed E-state index contributed by atoms with van der Waals surface area (Å²) in [6.07, 6.45) is 1.45. The van der Waals surface area contributed by atoms with E-state index in [-0.39, 0.29) is 5.03 Å². The van der Waals surface area contributed by atoms with Crippen molar-refractivity contribution in [2.45, 2.75) is 18.5 Å². The van der Waals surface area contributed by atoms with Crippen molar-refractivity contribution < 1.29 is 8.42 Å². The van der Waals surface area contributed by atoms with Crippen molar-refractivity contribution in [3.63, 3.8) is 0 Å². The van der Waals surface area contributed by atoms with Crippen LogP contribution in [0.1, 0.15) is 12.5 Å². The SMILES string of the molecule is CCNCc1cn[nH]c1S(N)(=O)=O. The summed E-state index contributed by atoms with van der Waals surface area (Å²) < 4.78 is 21.9. The Balaban J connectivity index is 2.90. The maximum atomic E-state index is 11.0. The molecule has 0 atom stereocenters. The highest BCUT2D eigenvalue weighted by Gasteiger charge is 2.15. The molecule has 1 aromatic heterocycles. The zero-order chi connectivity index (χ0) is 9.90. The fraction of sp³-hybridized carbons (Fsp3) is 0.500. The van der Waals surface area contributed by atoms with Crippen LogP contribution in [0.4, 0.5) is 0 Å². The molecule has 0 unspecified atom stereocenters. The molecule has 0 radical (unpaired) electrons. The molecule has 74 valence electrons. The quantitative estimate of drug-likeness (QED) is 0.595. The van der Waals surface area contributed by atoms with Crippen LogP contribution in [0, 0.1) is 0 Å². The minimum Gasteiger partial charge on any atom is -0.313 e. The van der Waals surface area contributed by atoms with Gasteiger partial charge in [0.1, 0.15) is 0 Å². The van der Waals surface area contributed by atoms with Crippen LogP contribution >= 0.6 is 0 Å². The van der Waals surface area contributed by atoms with Crippen LogP contribution in [-0.2, 0) is 16.6 Å². The summed E-state index contributed by atoms with van der Waals surface area (Å²) in [5, 5.41) is 13.9. The monoisotopic (exact) mass is 204 g/mol. The molecule has 0 spiro atoms. The third-order valence-corrected chi connectivity index (χ3v) is 2.45. The first-order valence-electron chi connectivity index (χ1n) is 3.81. The van der Waals surface area contributed by atoms with Crippen molar-refractivity contribution >= 4 is 10.0 Å². The van der Waals surface area contributed by atoms with E-state index in [0.29, 0.717) is 12.1 Å². The molecule has 0 saturated carbocycles. The van der Waals surface area contributed by atoms with Crippen molar-refractivity contribution in [3.05, 3.63) is 11.8 Å². The van der Waals surface area contributed by atoms with Crippen molar-refractivity contribution in [1.82, 2.24) is 15.5 Å². The minimum absolute atomic E-state index is 0.0200. The zero-order valence-electron chi connectivity index (χ0n) is 7.24. The molecule has 0 amide bonds. The number of aromatic amines is 1. The number of primary sulfonamides is 1. The molecule has 7 heteroatoms. The molecule has 0 aliphatic rings. The van der Waals surface area contributed by atoms with E-state index in [1.165, 1.54) is 6.20 Å². The molecule has 1 rings (SSSR count). The summed E-state index contributed by atoms with van der Waals surface area (Å²) in [7, 11) is -3.68. The lowest BCUT2D eigenvalue weighted by Crippen LogP contribution is -2.18. The minimum atomic E-state index is -3.68. The second kappa shape index (κ2) is 3.86. The molecule has 0 saturated heterocycles. The molecule has 0 aromatic carbocycles. The van der Waals surface area contributed by atoms with Gasteiger partial charge in [-0.05, 0) is 6.54 Å². The summed E-state index contributed by atoms with van der Waals surface area (Å²) in [6.45, 7) is 3.13. The van der Waals surface area contributed by atoms with Gasteiger partial charge in [0.05, 0.1) is 6.20 Å². The fourth-order valence-electron chi connectivity index (χ4n) is 0.931. The second-order valence-corrected chi connectivity index (χ2v) is 4.05. The van der Waals surface area contributed by atoms with E-state index in [4.69, 9.17) is 5.14 Å². The fourth-order valence-corrected chi connectivity index (χ4v) is 1.60. The first-order chi connectivity index (χ1) is 6.05. The van der Waals surface area contributed by atoms with Gasteiger partial charge in [-0.15, -0.1) is 0 Å². The van der Waals surface area contributed by atoms with Gasteiger partial charge in [0.2, 0.25) is 0 Å². The number of hydrogen-bond donors (Lipinski definition) is 3. The van der Waals surface area contributed by atoms with Gasteiger partial charge in [0, 0.05) is 12.1 Å². The van der Waals surface area contributed by atoms with E-state index in [9.17, 15) is 8.42 Å². The van der Waals surface area contributed by atoms with Crippen LogP contribution in [0.5, 0.6) is 0 Å². The molecule has 1 aromatic rings. The highest BCUT2D eigenvalue weighted by atomic mass is 32.2. The van der Waals surface area contributed by atoms with E-state index in [0.717, 1.165) is 6.54 Å². The lowest BCUT2D eigenvalue weighted by atomic mass is 10.3. The summed E-state index contributed by atoms with van der Waals surface area (Å²) in [6, 6.07) is 0. The van der Waals surface area contributed by atoms with Crippen LogP contribution in [-0.4, -0.2) is 25.2 Å². The summed E-state index contributed by atoms with van der Waals surface area (Å²) in [5.41, 5.74) is 0.560. The van der Waals surface area contributed by atoms with Crippen LogP contribution in [0.3, 0.4) is 0 Å². The average molecular weight is 204 g/mol. The lowest BCUT2D eigenvalue weighted by molar-refractivity contribution is 0.590. The van der Waals surface area contributed by atoms with E-state index in [1.54, 1.807) is 0 Å². The number of aromatic nitrogens is 2. The van der Waals surface area contributed by atoms with Gasteiger partial charge in [-0.25, -0.2) is 13.6 Å². The average Bonchev–Trinajstić information content (AvgIpc) is 2.47. The van der Waals surface area contributed by atoms with E-state index in [2.05, 4.69) is 15.5 Å². The standard InChI is InChI=1S/C6H12N4O2S/c1-2-8-3-5-4-9-10-6(5)13(7,11)12/h4,8H,2-3H2,1H3,(H,9,10)(H2,7,11,12). The number of rotatable bonds is 4. The Bertz CT molecular complexity index is 370. The predicted molar refractivity (Wildman–Crippen MR) is 47.3 cm³/mol. The van der Waals surface area contributed by atoms with Gasteiger partial charge in [0.15, 0.2) is 5.03 Å². The van der Waals surface area contributed by atoms with Crippen LogP contribution < -0.4 is 10.5 Å². The number of nitrogens with one attached hydrogen (secondary N) is 2. The predicted octanol–water partition coefficient (Wildman–Crippen LogP) is -0.833. The number of nitrogens with two attached hydrogens (primary N) is 1. The second-order valence-electron chi connectivity index (χ2n) is 2.55. The smallest absolute Gasteiger partial charge is 0.255 e. The molecule has 0 aliphatic heterocycles. The summed E-state index contributed by atoms with van der Waals surface area (Å²) >= 11 is 0. The zero-order valence-corrected chi connectivity index (χ0v) is 8.06. The maximum absolute atomic E-state index is 11.0. The Morgan fingerprint density at radius 2 is 2.38 bits per heavy atom. The molecule has 0 aliphatic carbocycles. The van der Waals surface area contributed by atoms with Crippen molar-refractivity contribution in [3.8, 4) is 0 Å². The third-order valence-electron chi connectivity index (χ3n) is 1.53. The first-order valence-corrected chi connectivity index (χ1v) is 5.36. The van der Waals surface area contributed by atoms with Gasteiger partial charge in [-0.3, -0.25) is 5.10 Å². The third kappa shape index (κ3) is 2.51. The number of sulfonamides is 1. The summed E-state index contributed by atoms with van der Waals surface area (Å²) in [4.78, 5) is 0. The van der Waals surface area contributed by atoms with Gasteiger partial charge < -0.3 is 5.32 Å². The Hall–Kier alpha value is -0.920. The van der Waals surface area contributed by atoms with Gasteiger partial charge in [-0.2, -0.15) is 5.10 Å². The largest absolute Gasteiger partial charge is 0.313 e. The van der Waals surface area contributed by atoms with E-state index >= 15 is 0 Å². The van der Waals surface area contributed by atoms with Crippen LogP contribution in [0.25, 0.3) is 0 Å². The number of H-pyrrole nitrogens is 1. The van der Waals surface area contributed by atoms with E-state index < -0.39 is 10.0 Å². The number of hydrogen-bond acceptors (Lipinski definition) is 4.